The number of aromatic nitrogens is 4. The van der Waals surface area contributed by atoms with Gasteiger partial charge in [0.05, 0.1) is 29.1 Å². The van der Waals surface area contributed by atoms with Crippen LogP contribution in [0.3, 0.4) is 0 Å². The highest BCUT2D eigenvalue weighted by Gasteiger charge is 2.37. The number of pyridine rings is 1. The van der Waals surface area contributed by atoms with Crippen LogP contribution in [0.1, 0.15) is 61.0 Å². The summed E-state index contributed by atoms with van der Waals surface area (Å²) < 4.78 is 64.7. The van der Waals surface area contributed by atoms with Gasteiger partial charge in [-0.3, -0.25) is 14.2 Å². The molecule has 0 fully saturated rings. The highest BCUT2D eigenvalue weighted by Crippen LogP contribution is 2.38. The molecule has 1 aliphatic rings. The lowest BCUT2D eigenvalue weighted by Crippen LogP contribution is -2.45. The van der Waals surface area contributed by atoms with Crippen molar-refractivity contribution in [2.45, 2.75) is 59.0 Å². The standard InChI is InChI=1S/C28H27F4N5O4/c1-15-12-34(14-33-15)21-6-7-22-25(39)35(8-9-36(22)24(21)38)16(2)18-13-37(26(40)41-27(3,4)5)23-11-20(29)19(10-17(18)23)28(30,31)32/h6-7,10-14,16H,8-9H2,1-5H3. The third kappa shape index (κ3) is 5.00. The van der Waals surface area contributed by atoms with E-state index in [2.05, 4.69) is 4.98 Å². The molecule has 0 bridgehead atoms. The average Bonchev–Trinajstić information content (AvgIpc) is 3.45. The Bertz CT molecular complexity index is 1760. The number of hydrogen-bond donors (Lipinski definition) is 0. The van der Waals surface area contributed by atoms with Gasteiger partial charge in [-0.15, -0.1) is 0 Å². The number of ether oxygens (including phenoxy) is 1. The Balaban J connectivity index is 1.58. The zero-order valence-electron chi connectivity index (χ0n) is 22.9. The number of fused-ring (bicyclic) bond motifs is 2. The largest absolute Gasteiger partial charge is 0.443 e. The van der Waals surface area contributed by atoms with Crippen LogP contribution in [0, 0.1) is 12.7 Å². The number of imidazole rings is 1. The minimum atomic E-state index is -4.99. The second-order valence-electron chi connectivity index (χ2n) is 10.9. The second-order valence-corrected chi connectivity index (χ2v) is 10.9. The van der Waals surface area contributed by atoms with E-state index < -0.39 is 46.8 Å². The van der Waals surface area contributed by atoms with Crippen LogP contribution < -0.4 is 5.56 Å². The number of halogens is 4. The van der Waals surface area contributed by atoms with Gasteiger partial charge in [0.1, 0.15) is 22.8 Å². The van der Waals surface area contributed by atoms with Gasteiger partial charge in [-0.25, -0.2) is 14.2 Å². The number of amides is 1. The van der Waals surface area contributed by atoms with Crippen molar-refractivity contribution < 1.29 is 31.9 Å². The Morgan fingerprint density at radius 1 is 1.07 bits per heavy atom. The molecule has 4 heterocycles. The highest BCUT2D eigenvalue weighted by molar-refractivity contribution is 5.96. The molecule has 0 aliphatic carbocycles. The SMILES string of the molecule is Cc1cn(-c2ccc3n(c2=O)CCN(C(C)c2cn(C(=O)OC(C)(C)C)c4cc(F)c(C(F)(F)F)cc24)C3=O)cn1. The first-order valence-electron chi connectivity index (χ1n) is 12.8. The van der Waals surface area contributed by atoms with Crippen molar-refractivity contribution in [1.29, 1.82) is 0 Å². The van der Waals surface area contributed by atoms with E-state index in [9.17, 15) is 31.9 Å². The summed E-state index contributed by atoms with van der Waals surface area (Å²) in [6.07, 6.45) is -1.45. The molecule has 4 aromatic rings. The number of aryl methyl sites for hydroxylation is 1. The van der Waals surface area contributed by atoms with Crippen LogP contribution in [-0.4, -0.2) is 47.7 Å². The summed E-state index contributed by atoms with van der Waals surface area (Å²) in [7, 11) is 0. The molecule has 0 N–H and O–H groups in total. The number of rotatable bonds is 3. The minimum Gasteiger partial charge on any atom is -0.443 e. The van der Waals surface area contributed by atoms with E-state index in [1.807, 2.05) is 0 Å². The van der Waals surface area contributed by atoms with Gasteiger partial charge < -0.3 is 18.8 Å². The van der Waals surface area contributed by atoms with Gasteiger partial charge in [-0.05, 0) is 58.9 Å². The Kier molecular flexibility index (Phi) is 6.58. The minimum absolute atomic E-state index is 0.0568. The molecular formula is C28H27F4N5O4. The molecule has 1 atom stereocenters. The first-order valence-corrected chi connectivity index (χ1v) is 12.8. The maximum atomic E-state index is 14.6. The van der Waals surface area contributed by atoms with E-state index in [4.69, 9.17) is 4.74 Å². The van der Waals surface area contributed by atoms with Gasteiger partial charge in [0, 0.05) is 36.4 Å². The highest BCUT2D eigenvalue weighted by atomic mass is 19.4. The summed E-state index contributed by atoms with van der Waals surface area (Å²) in [5.74, 6) is -2.07. The van der Waals surface area contributed by atoms with Crippen LogP contribution in [0.2, 0.25) is 0 Å². The smallest absolute Gasteiger partial charge is 0.419 e. The number of carbonyl (C=O) groups is 2. The predicted molar refractivity (Wildman–Crippen MR) is 141 cm³/mol. The van der Waals surface area contributed by atoms with Crippen LogP contribution in [0.25, 0.3) is 16.6 Å². The maximum absolute atomic E-state index is 14.6. The lowest BCUT2D eigenvalue weighted by Gasteiger charge is -2.34. The zero-order chi connectivity index (χ0) is 30.0. The van der Waals surface area contributed by atoms with E-state index in [-0.39, 0.29) is 35.2 Å². The fraction of sp³-hybridized carbons (Fsp3) is 0.357. The molecule has 0 spiro atoms. The molecule has 13 heteroatoms. The van der Waals surface area contributed by atoms with Crippen molar-refractivity contribution >= 4 is 22.9 Å². The third-order valence-corrected chi connectivity index (χ3v) is 6.93. The molecule has 0 radical (unpaired) electrons. The van der Waals surface area contributed by atoms with Gasteiger partial charge in [-0.2, -0.15) is 13.2 Å². The molecule has 0 saturated carbocycles. The average molecular weight is 574 g/mol. The number of alkyl halides is 3. The van der Waals surface area contributed by atoms with Crippen molar-refractivity contribution in [3.63, 3.8) is 0 Å². The summed E-state index contributed by atoms with van der Waals surface area (Å²) in [4.78, 5) is 45.3. The van der Waals surface area contributed by atoms with Crippen molar-refractivity contribution in [2.24, 2.45) is 0 Å². The summed E-state index contributed by atoms with van der Waals surface area (Å²) >= 11 is 0. The van der Waals surface area contributed by atoms with E-state index in [1.165, 1.54) is 34.1 Å². The van der Waals surface area contributed by atoms with Crippen LogP contribution >= 0.6 is 0 Å². The van der Waals surface area contributed by atoms with E-state index in [0.717, 1.165) is 4.57 Å². The summed E-state index contributed by atoms with van der Waals surface area (Å²) in [5.41, 5.74) is -1.65. The van der Waals surface area contributed by atoms with Gasteiger partial charge in [0.15, 0.2) is 0 Å². The lowest BCUT2D eigenvalue weighted by molar-refractivity contribution is -0.139. The topological polar surface area (TPSA) is 91.4 Å². The molecule has 216 valence electrons. The van der Waals surface area contributed by atoms with Crippen LogP contribution in [0.5, 0.6) is 0 Å². The molecule has 1 unspecified atom stereocenters. The first kappa shape index (κ1) is 28.1. The van der Waals surface area contributed by atoms with Gasteiger partial charge in [0.2, 0.25) is 0 Å². The Morgan fingerprint density at radius 2 is 1.78 bits per heavy atom. The predicted octanol–water partition coefficient (Wildman–Crippen LogP) is 5.46. The molecule has 5 rings (SSSR count). The van der Waals surface area contributed by atoms with Gasteiger partial charge >= 0.3 is 12.3 Å². The molecular weight excluding hydrogens is 546 g/mol. The van der Waals surface area contributed by atoms with Crippen LogP contribution in [0.15, 0.2) is 47.8 Å². The normalized spacial score (nSPS) is 14.9. The Labute approximate surface area is 231 Å². The second kappa shape index (κ2) is 9.60. The molecule has 1 aliphatic heterocycles. The van der Waals surface area contributed by atoms with Crippen LogP contribution in [-0.2, 0) is 17.5 Å². The molecule has 0 saturated heterocycles. The number of nitrogens with zero attached hydrogens (tertiary/aromatic N) is 5. The molecule has 1 aromatic carbocycles. The maximum Gasteiger partial charge on any atom is 0.419 e. The number of carbonyl (C=O) groups excluding carboxylic acids is 2. The Hall–Kier alpha value is -4.42. The van der Waals surface area contributed by atoms with Crippen molar-refractivity contribution in [1.82, 2.24) is 23.6 Å². The van der Waals surface area contributed by atoms with Gasteiger partial charge in [0.25, 0.3) is 11.5 Å². The zero-order valence-corrected chi connectivity index (χ0v) is 22.9. The van der Waals surface area contributed by atoms with Crippen molar-refractivity contribution in [3.8, 4) is 5.69 Å². The van der Waals surface area contributed by atoms with E-state index >= 15 is 0 Å². The number of hydrogen-bond acceptors (Lipinski definition) is 5. The molecule has 9 nitrogen and oxygen atoms in total. The fourth-order valence-corrected chi connectivity index (χ4v) is 5.00. The summed E-state index contributed by atoms with van der Waals surface area (Å²) in [6, 6.07) is 3.46. The first-order chi connectivity index (χ1) is 19.1. The monoisotopic (exact) mass is 573 g/mol. The van der Waals surface area contributed by atoms with Crippen LogP contribution in [0.4, 0.5) is 22.4 Å². The fourth-order valence-electron chi connectivity index (χ4n) is 5.00. The van der Waals surface area contributed by atoms with Crippen molar-refractivity contribution in [3.05, 3.63) is 81.7 Å². The van der Waals surface area contributed by atoms with E-state index in [0.29, 0.717) is 23.5 Å². The quantitative estimate of drug-likeness (QED) is 0.304. The molecule has 3 aromatic heterocycles. The number of benzene rings is 1. The van der Waals surface area contributed by atoms with Crippen molar-refractivity contribution in [2.75, 3.05) is 6.54 Å². The lowest BCUT2D eigenvalue weighted by atomic mass is 10.0. The molecule has 1 amide bonds. The van der Waals surface area contributed by atoms with E-state index in [1.54, 1.807) is 45.4 Å². The Morgan fingerprint density at radius 3 is 2.39 bits per heavy atom. The summed E-state index contributed by atoms with van der Waals surface area (Å²) in [5, 5.41) is -0.0568. The van der Waals surface area contributed by atoms with Gasteiger partial charge in [-0.1, -0.05) is 0 Å². The summed E-state index contributed by atoms with van der Waals surface area (Å²) in [6.45, 7) is 8.42. The third-order valence-electron chi connectivity index (χ3n) is 6.93. The molecule has 41 heavy (non-hydrogen) atoms.